The summed E-state index contributed by atoms with van der Waals surface area (Å²) in [6.45, 7) is 6.40. The maximum absolute atomic E-state index is 12.9. The highest BCUT2D eigenvalue weighted by Gasteiger charge is 2.19. The van der Waals surface area contributed by atoms with E-state index in [4.69, 9.17) is 14.2 Å². The Bertz CT molecular complexity index is 1620. The first-order valence-electron chi connectivity index (χ1n) is 34.4. The molecule has 0 radical (unpaired) electrons. The Balaban J connectivity index is 4.25. The van der Waals surface area contributed by atoms with Crippen molar-refractivity contribution in [2.75, 3.05) is 13.2 Å². The topological polar surface area (TPSA) is 78.9 Å². The van der Waals surface area contributed by atoms with Gasteiger partial charge in [0.2, 0.25) is 0 Å². The molecule has 0 saturated carbocycles. The summed E-state index contributed by atoms with van der Waals surface area (Å²) in [7, 11) is 0. The van der Waals surface area contributed by atoms with Gasteiger partial charge in [0.1, 0.15) is 13.2 Å². The van der Waals surface area contributed by atoms with E-state index >= 15 is 0 Å². The van der Waals surface area contributed by atoms with Crippen LogP contribution in [-0.4, -0.2) is 37.2 Å². The van der Waals surface area contributed by atoms with Gasteiger partial charge in [-0.2, -0.15) is 0 Å². The summed E-state index contributed by atoms with van der Waals surface area (Å²) in [6.07, 6.45) is 94.1. The van der Waals surface area contributed by atoms with E-state index < -0.39 is 6.10 Å². The normalized spacial score (nSPS) is 12.8. The van der Waals surface area contributed by atoms with Crippen LogP contribution in [0.5, 0.6) is 0 Å². The molecule has 0 rings (SSSR count). The van der Waals surface area contributed by atoms with E-state index in [1.165, 1.54) is 148 Å². The third kappa shape index (κ3) is 66.8. The average Bonchev–Trinajstić information content (AvgIpc) is 3.47. The summed E-state index contributed by atoms with van der Waals surface area (Å²) in [4.78, 5) is 38.4. The molecular weight excluding hydrogens is 997 g/mol. The number of rotatable bonds is 62. The third-order valence-electron chi connectivity index (χ3n) is 14.7. The van der Waals surface area contributed by atoms with Crippen LogP contribution in [0, 0.1) is 0 Å². The van der Waals surface area contributed by atoms with E-state index in [9.17, 15) is 14.4 Å². The van der Waals surface area contributed by atoms with Crippen LogP contribution < -0.4 is 0 Å². The van der Waals surface area contributed by atoms with E-state index in [1.807, 2.05) is 0 Å². The Morgan fingerprint density at radius 2 is 0.481 bits per heavy atom. The lowest BCUT2D eigenvalue weighted by atomic mass is 10.0. The van der Waals surface area contributed by atoms with Crippen LogP contribution in [-0.2, 0) is 28.6 Å². The van der Waals surface area contributed by atoms with Crippen molar-refractivity contribution >= 4 is 17.9 Å². The van der Waals surface area contributed by atoms with Gasteiger partial charge in [-0.15, -0.1) is 0 Å². The van der Waals surface area contributed by atoms with E-state index in [0.717, 1.165) is 141 Å². The molecule has 81 heavy (non-hydrogen) atoms. The molecule has 0 bridgehead atoms. The van der Waals surface area contributed by atoms with E-state index in [-0.39, 0.29) is 31.1 Å². The van der Waals surface area contributed by atoms with Crippen LogP contribution in [0.1, 0.15) is 329 Å². The lowest BCUT2D eigenvalue weighted by Crippen LogP contribution is -2.30. The van der Waals surface area contributed by atoms with Gasteiger partial charge in [0.25, 0.3) is 0 Å². The number of unbranched alkanes of at least 4 members (excludes halogenated alkanes) is 33. The lowest BCUT2D eigenvalue weighted by molar-refractivity contribution is -0.167. The summed E-state index contributed by atoms with van der Waals surface area (Å²) >= 11 is 0. The van der Waals surface area contributed by atoms with Crippen LogP contribution in [0.3, 0.4) is 0 Å². The monoisotopic (exact) mass is 1120 g/mol. The molecule has 0 aliphatic carbocycles. The molecule has 0 aliphatic heterocycles. The molecular formula is C75H128O6. The Labute approximate surface area is 501 Å². The highest BCUT2D eigenvalue weighted by Crippen LogP contribution is 2.17. The molecule has 1 atom stereocenters. The summed E-state index contributed by atoms with van der Waals surface area (Å²) in [5.41, 5.74) is 0. The van der Waals surface area contributed by atoms with Gasteiger partial charge in [-0.05, 0) is 122 Å². The molecule has 0 N–H and O–H groups in total. The predicted octanol–water partition coefficient (Wildman–Crippen LogP) is 23.8. The van der Waals surface area contributed by atoms with Crippen molar-refractivity contribution in [1.82, 2.24) is 0 Å². The van der Waals surface area contributed by atoms with Crippen molar-refractivity contribution in [2.45, 2.75) is 335 Å². The highest BCUT2D eigenvalue weighted by atomic mass is 16.6. The minimum atomic E-state index is -0.800. The van der Waals surface area contributed by atoms with Crippen molar-refractivity contribution in [3.05, 3.63) is 109 Å². The highest BCUT2D eigenvalue weighted by molar-refractivity contribution is 5.71. The van der Waals surface area contributed by atoms with Gasteiger partial charge in [0.05, 0.1) is 0 Å². The van der Waals surface area contributed by atoms with Gasteiger partial charge in [-0.25, -0.2) is 0 Å². The van der Waals surface area contributed by atoms with Crippen molar-refractivity contribution in [2.24, 2.45) is 0 Å². The van der Waals surface area contributed by atoms with Crippen molar-refractivity contribution in [3.8, 4) is 0 Å². The average molecular weight is 1130 g/mol. The minimum Gasteiger partial charge on any atom is -0.462 e. The Kier molecular flexibility index (Phi) is 65.2. The standard InChI is InChI=1S/C75H128O6/c1-4-7-10-13-16-19-22-25-28-30-31-32-33-34-35-36-37-38-39-40-41-42-43-45-47-50-53-56-59-62-65-68-74(77)80-71-72(70-79-73(76)67-64-61-58-55-52-49-46-27-24-21-18-15-12-9-6-3)81-75(78)69-66-63-60-57-54-51-48-44-29-26-23-20-17-14-11-8-5-2/h8-9,11-12,17-18,20-22,25-27,29-31,46,48,51,72H,4-7,10,13-16,19,23-24,28,32-45,47,49-50,52-71H2,1-3H3/b11-8-,12-9-,20-17-,21-18-,25-22-,29-26-,31-30-,46-27-,51-48-. The maximum Gasteiger partial charge on any atom is 0.306 e. The molecule has 1 unspecified atom stereocenters. The quantitative estimate of drug-likeness (QED) is 0.0261. The molecule has 0 aromatic carbocycles. The molecule has 464 valence electrons. The van der Waals surface area contributed by atoms with Crippen LogP contribution >= 0.6 is 0 Å². The van der Waals surface area contributed by atoms with E-state index in [0.29, 0.717) is 19.3 Å². The fourth-order valence-electron chi connectivity index (χ4n) is 9.66. The number of carbonyl (C=O) groups excluding carboxylic acids is 3. The fraction of sp³-hybridized carbons (Fsp3) is 0.720. The van der Waals surface area contributed by atoms with Crippen LogP contribution in [0.25, 0.3) is 0 Å². The van der Waals surface area contributed by atoms with Gasteiger partial charge in [0, 0.05) is 19.3 Å². The van der Waals surface area contributed by atoms with Gasteiger partial charge >= 0.3 is 17.9 Å². The van der Waals surface area contributed by atoms with Crippen LogP contribution in [0.2, 0.25) is 0 Å². The van der Waals surface area contributed by atoms with E-state index in [2.05, 4.69) is 130 Å². The second kappa shape index (κ2) is 68.6. The molecule has 0 amide bonds. The summed E-state index contributed by atoms with van der Waals surface area (Å²) in [5, 5.41) is 0. The first-order valence-corrected chi connectivity index (χ1v) is 34.4. The fourth-order valence-corrected chi connectivity index (χ4v) is 9.66. The first kappa shape index (κ1) is 77.1. The molecule has 0 saturated heterocycles. The van der Waals surface area contributed by atoms with E-state index in [1.54, 1.807) is 0 Å². The zero-order valence-corrected chi connectivity index (χ0v) is 53.3. The van der Waals surface area contributed by atoms with Gasteiger partial charge in [-0.1, -0.05) is 297 Å². The summed E-state index contributed by atoms with van der Waals surface area (Å²) in [5.74, 6) is -0.924. The molecule has 0 heterocycles. The zero-order valence-electron chi connectivity index (χ0n) is 53.3. The molecule has 0 fully saturated rings. The number of ether oxygens (including phenoxy) is 3. The number of allylic oxidation sites excluding steroid dienone is 18. The molecule has 0 aliphatic rings. The zero-order chi connectivity index (χ0) is 58.5. The second-order valence-corrected chi connectivity index (χ2v) is 22.7. The van der Waals surface area contributed by atoms with Crippen molar-refractivity contribution in [1.29, 1.82) is 0 Å². The summed E-state index contributed by atoms with van der Waals surface area (Å²) < 4.78 is 16.9. The molecule has 0 aromatic heterocycles. The Morgan fingerprint density at radius 1 is 0.259 bits per heavy atom. The van der Waals surface area contributed by atoms with Gasteiger partial charge < -0.3 is 14.2 Å². The molecule has 6 nitrogen and oxygen atoms in total. The van der Waals surface area contributed by atoms with Crippen LogP contribution in [0.15, 0.2) is 109 Å². The largest absolute Gasteiger partial charge is 0.462 e. The second-order valence-electron chi connectivity index (χ2n) is 22.7. The predicted molar refractivity (Wildman–Crippen MR) is 353 cm³/mol. The Hall–Kier alpha value is -3.93. The first-order chi connectivity index (χ1) is 40.0. The third-order valence-corrected chi connectivity index (χ3v) is 14.7. The van der Waals surface area contributed by atoms with Gasteiger partial charge in [0.15, 0.2) is 6.10 Å². The number of hydrogen-bond acceptors (Lipinski definition) is 6. The summed E-state index contributed by atoms with van der Waals surface area (Å²) in [6, 6.07) is 0. The number of esters is 3. The van der Waals surface area contributed by atoms with Crippen molar-refractivity contribution < 1.29 is 28.6 Å². The smallest absolute Gasteiger partial charge is 0.306 e. The molecule has 0 spiro atoms. The van der Waals surface area contributed by atoms with Crippen LogP contribution in [0.4, 0.5) is 0 Å². The number of hydrogen-bond donors (Lipinski definition) is 0. The van der Waals surface area contributed by atoms with Gasteiger partial charge in [-0.3, -0.25) is 14.4 Å². The number of carbonyl (C=O) groups is 3. The minimum absolute atomic E-state index is 0.0927. The lowest BCUT2D eigenvalue weighted by Gasteiger charge is -2.18. The SMILES string of the molecule is CC/C=C\C/C=C\C/C=C\C/C=C\CCCCCCC(=O)OC(COC(=O)CCCCCCC/C=C\C/C=C\C/C=C\CC)COC(=O)CCCCCCCCCCCCCCCCCCCCC/C=C\C/C=C\CCCCCCC. The molecule has 0 aromatic rings. The maximum atomic E-state index is 12.9. The molecule has 6 heteroatoms. The Morgan fingerprint density at radius 3 is 0.753 bits per heavy atom. The van der Waals surface area contributed by atoms with Crippen molar-refractivity contribution in [3.63, 3.8) is 0 Å².